The molecule has 3 aromatic heterocycles. The molecule has 0 saturated carbocycles. The summed E-state index contributed by atoms with van der Waals surface area (Å²) in [6, 6.07) is 9.69. The van der Waals surface area contributed by atoms with Crippen molar-refractivity contribution in [3.63, 3.8) is 0 Å². The fraction of sp³-hybridized carbons (Fsp3) is 0.125. The van der Waals surface area contributed by atoms with Crippen LogP contribution in [0, 0.1) is 0 Å². The number of imidazole rings is 2. The van der Waals surface area contributed by atoms with Crippen molar-refractivity contribution in [1.29, 1.82) is 0 Å². The third kappa shape index (κ3) is 2.00. The van der Waals surface area contributed by atoms with Crippen molar-refractivity contribution in [3.8, 4) is 0 Å². The minimum atomic E-state index is -1.43. The van der Waals surface area contributed by atoms with Crippen molar-refractivity contribution < 1.29 is 9.90 Å². The fourth-order valence-corrected chi connectivity index (χ4v) is 2.80. The predicted molar refractivity (Wildman–Crippen MR) is 83.6 cm³/mol. The van der Waals surface area contributed by atoms with Gasteiger partial charge in [-0.3, -0.25) is 9.36 Å². The van der Waals surface area contributed by atoms with Crippen molar-refractivity contribution in [2.45, 2.75) is 6.54 Å². The van der Waals surface area contributed by atoms with Gasteiger partial charge in [-0.05, 0) is 5.56 Å². The quantitative estimate of drug-likeness (QED) is 0.520. The molecule has 0 bridgehead atoms. The molecule has 8 nitrogen and oxygen atoms in total. The summed E-state index contributed by atoms with van der Waals surface area (Å²) in [6.45, 7) is 0.486. The molecule has 3 heterocycles. The van der Waals surface area contributed by atoms with Crippen LogP contribution in [0.15, 0.2) is 47.7 Å². The van der Waals surface area contributed by atoms with Gasteiger partial charge in [0.15, 0.2) is 11.2 Å². The van der Waals surface area contributed by atoms with E-state index in [9.17, 15) is 14.7 Å². The van der Waals surface area contributed by atoms with Crippen LogP contribution < -0.4 is 10.7 Å². The van der Waals surface area contributed by atoms with Gasteiger partial charge >= 0.3 is 0 Å². The second-order valence-electron chi connectivity index (χ2n) is 5.48. The number of carboxylic acid groups (broad SMARTS) is 1. The zero-order valence-corrected chi connectivity index (χ0v) is 12.7. The van der Waals surface area contributed by atoms with E-state index in [1.165, 1.54) is 10.6 Å². The lowest BCUT2D eigenvalue weighted by atomic mass is 10.2. The maximum absolute atomic E-state index is 12.8. The van der Waals surface area contributed by atoms with Gasteiger partial charge in [0.25, 0.3) is 5.56 Å². The van der Waals surface area contributed by atoms with Crippen LogP contribution in [0.25, 0.3) is 16.9 Å². The number of fused-ring (bicyclic) bond motifs is 2. The van der Waals surface area contributed by atoms with Crippen molar-refractivity contribution in [2.75, 3.05) is 0 Å². The van der Waals surface area contributed by atoms with E-state index in [1.54, 1.807) is 22.5 Å². The zero-order chi connectivity index (χ0) is 16.8. The summed E-state index contributed by atoms with van der Waals surface area (Å²) in [4.78, 5) is 32.0. The molecule has 0 aliphatic rings. The molecule has 0 radical (unpaired) electrons. The average Bonchev–Trinajstić information content (AvgIpc) is 3.19. The normalized spacial score (nSPS) is 11.4. The third-order valence-electron chi connectivity index (χ3n) is 3.95. The molecule has 0 fully saturated rings. The minimum Gasteiger partial charge on any atom is -0.543 e. The highest BCUT2D eigenvalue weighted by molar-refractivity contribution is 5.84. The van der Waals surface area contributed by atoms with Crippen LogP contribution in [-0.2, 0) is 13.6 Å². The zero-order valence-electron chi connectivity index (χ0n) is 12.7. The lowest BCUT2D eigenvalue weighted by Gasteiger charge is -2.06. The Hall–Kier alpha value is -3.42. The van der Waals surface area contributed by atoms with Gasteiger partial charge in [0.2, 0.25) is 5.78 Å². The van der Waals surface area contributed by atoms with Crippen LogP contribution in [0.3, 0.4) is 0 Å². The van der Waals surface area contributed by atoms with Gasteiger partial charge in [-0.2, -0.15) is 0 Å². The number of carbonyl (C=O) groups is 1. The number of aromatic carboxylic acids is 1. The summed E-state index contributed by atoms with van der Waals surface area (Å²) in [6.07, 6.45) is 2.77. The molecule has 0 N–H and O–H groups in total. The monoisotopic (exact) mass is 322 g/mol. The number of rotatable bonds is 3. The summed E-state index contributed by atoms with van der Waals surface area (Å²) in [7, 11) is 1.68. The first kappa shape index (κ1) is 14.2. The molecule has 0 spiro atoms. The molecule has 0 saturated heterocycles. The standard InChI is InChI=1S/C16H13N5O3/c1-19-13-12(14(22)21-8-11(15(23)24)18-16(19)21)20(9-17-13)7-10-5-3-2-4-6-10/h2-6,8-9H,7H2,1H3,(H,23,24)/p-1. The molecule has 0 aliphatic carbocycles. The maximum atomic E-state index is 12.8. The number of carboxylic acids is 1. The number of hydrogen-bond donors (Lipinski definition) is 0. The minimum absolute atomic E-state index is 0.205. The van der Waals surface area contributed by atoms with Crippen molar-refractivity contribution in [3.05, 3.63) is 64.5 Å². The Bertz CT molecular complexity index is 1140. The fourth-order valence-electron chi connectivity index (χ4n) is 2.80. The number of aromatic nitrogens is 5. The first-order valence-corrected chi connectivity index (χ1v) is 7.24. The van der Waals surface area contributed by atoms with Gasteiger partial charge in [-0.25, -0.2) is 14.4 Å². The van der Waals surface area contributed by atoms with Gasteiger partial charge in [-0.15, -0.1) is 0 Å². The van der Waals surface area contributed by atoms with E-state index < -0.39 is 5.97 Å². The van der Waals surface area contributed by atoms with E-state index in [1.807, 2.05) is 30.3 Å². The molecule has 8 heteroatoms. The maximum Gasteiger partial charge on any atom is 0.285 e. The Labute approximate surface area is 135 Å². The van der Waals surface area contributed by atoms with Gasteiger partial charge in [0, 0.05) is 19.8 Å². The van der Waals surface area contributed by atoms with E-state index in [4.69, 9.17) is 0 Å². The van der Waals surface area contributed by atoms with Crippen LogP contribution in [-0.4, -0.2) is 29.5 Å². The van der Waals surface area contributed by atoms with Crippen LogP contribution in [0.5, 0.6) is 0 Å². The van der Waals surface area contributed by atoms with Gasteiger partial charge in [0.1, 0.15) is 5.69 Å². The molecule has 1 aromatic carbocycles. The first-order valence-electron chi connectivity index (χ1n) is 7.24. The van der Waals surface area contributed by atoms with Gasteiger partial charge < -0.3 is 14.5 Å². The molecule has 0 unspecified atom stereocenters. The Balaban J connectivity index is 1.98. The number of benzene rings is 1. The molecule has 0 atom stereocenters. The number of nitrogens with zero attached hydrogens (tertiary/aromatic N) is 5. The van der Waals surface area contributed by atoms with E-state index >= 15 is 0 Å². The van der Waals surface area contributed by atoms with Crippen LogP contribution in [0.2, 0.25) is 0 Å². The van der Waals surface area contributed by atoms with Crippen molar-refractivity contribution in [2.24, 2.45) is 7.05 Å². The van der Waals surface area contributed by atoms with Crippen LogP contribution >= 0.6 is 0 Å². The van der Waals surface area contributed by atoms with E-state index in [-0.39, 0.29) is 17.0 Å². The van der Waals surface area contributed by atoms with Gasteiger partial charge in [0.05, 0.1) is 12.3 Å². The smallest absolute Gasteiger partial charge is 0.285 e. The van der Waals surface area contributed by atoms with Crippen molar-refractivity contribution in [1.82, 2.24) is 23.5 Å². The summed E-state index contributed by atoms with van der Waals surface area (Å²) in [5.74, 6) is -1.22. The summed E-state index contributed by atoms with van der Waals surface area (Å²) in [5, 5.41) is 11.0. The molecular weight excluding hydrogens is 310 g/mol. The van der Waals surface area contributed by atoms with E-state index in [2.05, 4.69) is 9.97 Å². The Morgan fingerprint density at radius 2 is 2.00 bits per heavy atom. The number of hydrogen-bond acceptors (Lipinski definition) is 5. The predicted octanol–water partition coefficient (Wildman–Crippen LogP) is -0.206. The SMILES string of the molecule is Cn1c2ncn(Cc3ccccc3)c2c(=O)n2cc(C(=O)[O-])nc12. The molecule has 24 heavy (non-hydrogen) atoms. The highest BCUT2D eigenvalue weighted by Crippen LogP contribution is 2.13. The second-order valence-corrected chi connectivity index (χ2v) is 5.48. The molecular formula is C16H12N5O3-. The molecule has 0 amide bonds. The van der Waals surface area contributed by atoms with E-state index in [0.717, 1.165) is 5.56 Å². The molecule has 4 rings (SSSR count). The average molecular weight is 322 g/mol. The highest BCUT2D eigenvalue weighted by atomic mass is 16.4. The van der Waals surface area contributed by atoms with Crippen LogP contribution in [0.4, 0.5) is 0 Å². The number of carbonyl (C=O) groups excluding carboxylic acids is 1. The third-order valence-corrected chi connectivity index (χ3v) is 3.95. The topological polar surface area (TPSA) is 97.2 Å². The largest absolute Gasteiger partial charge is 0.543 e. The molecule has 4 aromatic rings. The molecule has 0 aliphatic heterocycles. The lowest BCUT2D eigenvalue weighted by Crippen LogP contribution is -2.22. The van der Waals surface area contributed by atoms with Crippen LogP contribution in [0.1, 0.15) is 16.1 Å². The Morgan fingerprint density at radius 3 is 2.71 bits per heavy atom. The van der Waals surface area contributed by atoms with E-state index in [0.29, 0.717) is 17.7 Å². The summed E-state index contributed by atoms with van der Waals surface area (Å²) >= 11 is 0. The first-order chi connectivity index (χ1) is 11.6. The summed E-state index contributed by atoms with van der Waals surface area (Å²) in [5.41, 5.74) is 1.20. The van der Waals surface area contributed by atoms with Crippen molar-refractivity contribution >= 4 is 22.9 Å². The summed E-state index contributed by atoms with van der Waals surface area (Å²) < 4.78 is 4.53. The highest BCUT2D eigenvalue weighted by Gasteiger charge is 2.16. The van der Waals surface area contributed by atoms with Gasteiger partial charge in [-0.1, -0.05) is 30.3 Å². The Kier molecular flexibility index (Phi) is 2.99. The second kappa shape index (κ2) is 5.05. The Morgan fingerprint density at radius 1 is 1.25 bits per heavy atom. The lowest BCUT2D eigenvalue weighted by molar-refractivity contribution is -0.255. The number of aryl methyl sites for hydroxylation is 1. The molecule has 120 valence electrons.